The summed E-state index contributed by atoms with van der Waals surface area (Å²) < 4.78 is 10.8. The third kappa shape index (κ3) is 2.87. The average Bonchev–Trinajstić information content (AvgIpc) is 2.45. The number of benzene rings is 1. The largest absolute Gasteiger partial charge is 0.422 e. The van der Waals surface area contributed by atoms with Crippen molar-refractivity contribution in [2.24, 2.45) is 0 Å². The number of carbonyl (C=O) groups excluding carboxylic acids is 1. The van der Waals surface area contributed by atoms with Crippen molar-refractivity contribution >= 4 is 28.5 Å². The molecule has 1 aliphatic rings. The van der Waals surface area contributed by atoms with E-state index >= 15 is 0 Å². The van der Waals surface area contributed by atoms with Gasteiger partial charge in [-0.3, -0.25) is 4.79 Å². The number of halogens is 1. The Kier molecular flexibility index (Phi) is 3.93. The number of fused-ring (bicyclic) bond motifs is 1. The molecular weight excluding hydrogens is 306 g/mol. The molecule has 116 valence electrons. The molecule has 22 heavy (non-hydrogen) atoms. The number of carbonyl (C=O) groups is 1. The highest BCUT2D eigenvalue weighted by atomic mass is 35.5. The predicted octanol–water partition coefficient (Wildman–Crippen LogP) is 2.70. The summed E-state index contributed by atoms with van der Waals surface area (Å²) >= 11 is 5.95. The second kappa shape index (κ2) is 5.74. The first-order chi connectivity index (χ1) is 10.4. The Morgan fingerprint density at radius 2 is 1.91 bits per heavy atom. The fourth-order valence-corrected chi connectivity index (χ4v) is 2.94. The third-order valence-electron chi connectivity index (χ3n) is 3.63. The minimum Gasteiger partial charge on any atom is -0.422 e. The van der Waals surface area contributed by atoms with E-state index < -0.39 is 5.63 Å². The molecule has 0 bridgehead atoms. The lowest BCUT2D eigenvalue weighted by atomic mass is 10.1. The van der Waals surface area contributed by atoms with Crippen LogP contribution in [-0.4, -0.2) is 36.1 Å². The molecule has 0 radical (unpaired) electrons. The van der Waals surface area contributed by atoms with Crippen LogP contribution in [0, 0.1) is 0 Å². The van der Waals surface area contributed by atoms with E-state index in [-0.39, 0.29) is 23.7 Å². The van der Waals surface area contributed by atoms with Crippen LogP contribution in [0.1, 0.15) is 24.2 Å². The lowest BCUT2D eigenvalue weighted by molar-refractivity contribution is -0.0587. The first kappa shape index (κ1) is 15.1. The molecule has 2 unspecified atom stereocenters. The van der Waals surface area contributed by atoms with E-state index in [1.54, 1.807) is 29.2 Å². The van der Waals surface area contributed by atoms with Crippen molar-refractivity contribution in [3.8, 4) is 0 Å². The van der Waals surface area contributed by atoms with Crippen molar-refractivity contribution in [2.45, 2.75) is 26.1 Å². The van der Waals surface area contributed by atoms with Crippen molar-refractivity contribution in [1.82, 2.24) is 4.90 Å². The van der Waals surface area contributed by atoms with Crippen molar-refractivity contribution in [1.29, 1.82) is 0 Å². The highest BCUT2D eigenvalue weighted by Crippen LogP contribution is 2.20. The number of ether oxygens (including phenoxy) is 1. The molecule has 1 amide bonds. The Morgan fingerprint density at radius 3 is 2.59 bits per heavy atom. The molecule has 0 spiro atoms. The molecule has 2 aromatic rings. The van der Waals surface area contributed by atoms with Gasteiger partial charge < -0.3 is 14.1 Å². The van der Waals surface area contributed by atoms with Crippen LogP contribution in [0.5, 0.6) is 0 Å². The Hall–Kier alpha value is -1.85. The zero-order chi connectivity index (χ0) is 15.9. The van der Waals surface area contributed by atoms with E-state index in [0.717, 1.165) is 0 Å². The molecule has 1 aromatic heterocycles. The molecule has 6 heteroatoms. The van der Waals surface area contributed by atoms with Gasteiger partial charge in [0, 0.05) is 23.5 Å². The van der Waals surface area contributed by atoms with Crippen LogP contribution in [0.2, 0.25) is 5.02 Å². The van der Waals surface area contributed by atoms with Crippen molar-refractivity contribution in [3.05, 3.63) is 45.3 Å². The van der Waals surface area contributed by atoms with Crippen molar-refractivity contribution in [3.63, 3.8) is 0 Å². The van der Waals surface area contributed by atoms with Crippen LogP contribution in [-0.2, 0) is 4.74 Å². The summed E-state index contributed by atoms with van der Waals surface area (Å²) in [4.78, 5) is 26.3. The fourth-order valence-electron chi connectivity index (χ4n) is 2.76. The van der Waals surface area contributed by atoms with Gasteiger partial charge in [0.2, 0.25) is 0 Å². The minimum absolute atomic E-state index is 0.0241. The van der Waals surface area contributed by atoms with E-state index in [0.29, 0.717) is 29.1 Å². The molecule has 2 atom stereocenters. The summed E-state index contributed by atoms with van der Waals surface area (Å²) in [6, 6.07) is 6.47. The van der Waals surface area contributed by atoms with Gasteiger partial charge in [-0.1, -0.05) is 11.6 Å². The second-order valence-electron chi connectivity index (χ2n) is 5.60. The average molecular weight is 322 g/mol. The van der Waals surface area contributed by atoms with Gasteiger partial charge in [0.25, 0.3) is 5.91 Å². The zero-order valence-corrected chi connectivity index (χ0v) is 13.1. The van der Waals surface area contributed by atoms with E-state index in [1.165, 1.54) is 0 Å². The van der Waals surface area contributed by atoms with Crippen molar-refractivity contribution < 1.29 is 13.9 Å². The molecule has 5 nitrogen and oxygen atoms in total. The van der Waals surface area contributed by atoms with Gasteiger partial charge in [-0.15, -0.1) is 0 Å². The van der Waals surface area contributed by atoms with Crippen LogP contribution in [0.3, 0.4) is 0 Å². The minimum atomic E-state index is -0.633. The van der Waals surface area contributed by atoms with E-state index in [2.05, 4.69) is 0 Å². The Labute approximate surface area is 132 Å². The predicted molar refractivity (Wildman–Crippen MR) is 83.4 cm³/mol. The van der Waals surface area contributed by atoms with Gasteiger partial charge in [0.05, 0.1) is 12.2 Å². The Bertz CT molecular complexity index is 775. The molecule has 1 aromatic carbocycles. The molecule has 2 heterocycles. The van der Waals surface area contributed by atoms with Gasteiger partial charge in [0.15, 0.2) is 0 Å². The first-order valence-corrected chi connectivity index (χ1v) is 7.50. The number of hydrogen-bond donors (Lipinski definition) is 0. The summed E-state index contributed by atoms with van der Waals surface area (Å²) in [6.45, 7) is 4.71. The Balaban J connectivity index is 2.00. The number of hydrogen-bond acceptors (Lipinski definition) is 4. The standard InChI is InChI=1S/C16H16ClNO4/c1-9-7-18(8-10(2)21-9)15(19)13-6-11-5-12(17)3-4-14(11)22-16(13)20/h3-6,9-10H,7-8H2,1-2H3. The lowest BCUT2D eigenvalue weighted by Gasteiger charge is -2.35. The number of morpholine rings is 1. The highest BCUT2D eigenvalue weighted by Gasteiger charge is 2.28. The monoisotopic (exact) mass is 321 g/mol. The maximum absolute atomic E-state index is 12.6. The molecule has 0 saturated carbocycles. The smallest absolute Gasteiger partial charge is 0.349 e. The Morgan fingerprint density at radius 1 is 1.23 bits per heavy atom. The molecule has 1 saturated heterocycles. The van der Waals surface area contributed by atoms with Crippen LogP contribution in [0.4, 0.5) is 0 Å². The van der Waals surface area contributed by atoms with E-state index in [9.17, 15) is 9.59 Å². The molecule has 0 aliphatic carbocycles. The van der Waals surface area contributed by atoms with Gasteiger partial charge in [-0.2, -0.15) is 0 Å². The normalized spacial score (nSPS) is 22.0. The number of nitrogens with zero attached hydrogens (tertiary/aromatic N) is 1. The van der Waals surface area contributed by atoms with Gasteiger partial charge in [0.1, 0.15) is 11.1 Å². The van der Waals surface area contributed by atoms with Crippen molar-refractivity contribution in [2.75, 3.05) is 13.1 Å². The summed E-state index contributed by atoms with van der Waals surface area (Å²) in [5.41, 5.74) is -0.197. The maximum atomic E-state index is 12.6. The van der Waals surface area contributed by atoms with Gasteiger partial charge in [-0.25, -0.2) is 4.79 Å². The first-order valence-electron chi connectivity index (χ1n) is 7.12. The quantitative estimate of drug-likeness (QED) is 0.758. The second-order valence-corrected chi connectivity index (χ2v) is 6.03. The SMILES string of the molecule is CC1CN(C(=O)c2cc3cc(Cl)ccc3oc2=O)CC(C)O1. The van der Waals surface area contributed by atoms with Crippen LogP contribution < -0.4 is 5.63 Å². The lowest BCUT2D eigenvalue weighted by Crippen LogP contribution is -2.49. The number of rotatable bonds is 1. The molecule has 0 N–H and O–H groups in total. The summed E-state index contributed by atoms with van der Waals surface area (Å²) in [7, 11) is 0. The molecule has 1 fully saturated rings. The molecular formula is C16H16ClNO4. The van der Waals surface area contributed by atoms with Gasteiger partial charge >= 0.3 is 5.63 Å². The summed E-state index contributed by atoms with van der Waals surface area (Å²) in [5, 5.41) is 1.15. The number of amides is 1. The third-order valence-corrected chi connectivity index (χ3v) is 3.87. The zero-order valence-electron chi connectivity index (χ0n) is 12.3. The highest BCUT2D eigenvalue weighted by molar-refractivity contribution is 6.31. The molecule has 3 rings (SSSR count). The van der Waals surface area contributed by atoms with Crippen LogP contribution in [0.15, 0.2) is 33.5 Å². The summed E-state index contributed by atoms with van der Waals surface area (Å²) in [5.74, 6) is -0.336. The van der Waals surface area contributed by atoms with Gasteiger partial charge in [-0.05, 0) is 38.1 Å². The topological polar surface area (TPSA) is 59.8 Å². The van der Waals surface area contributed by atoms with Crippen LogP contribution in [0.25, 0.3) is 11.0 Å². The van der Waals surface area contributed by atoms with E-state index in [4.69, 9.17) is 20.8 Å². The molecule has 1 aliphatic heterocycles. The fraction of sp³-hybridized carbons (Fsp3) is 0.375. The van der Waals surface area contributed by atoms with Crippen LogP contribution >= 0.6 is 11.6 Å². The maximum Gasteiger partial charge on any atom is 0.349 e. The van der Waals surface area contributed by atoms with E-state index in [1.807, 2.05) is 13.8 Å². The summed E-state index contributed by atoms with van der Waals surface area (Å²) in [6.07, 6.45) is -0.121.